The van der Waals surface area contributed by atoms with Crippen molar-refractivity contribution in [3.63, 3.8) is 0 Å². The Kier molecular flexibility index (Phi) is 5.93. The van der Waals surface area contributed by atoms with Crippen molar-refractivity contribution >= 4 is 11.6 Å². The molecule has 0 saturated heterocycles. The lowest BCUT2D eigenvalue weighted by Crippen LogP contribution is -2.24. The number of hydrogen-bond acceptors (Lipinski definition) is 3. The third kappa shape index (κ3) is 4.59. The molecule has 3 aromatic rings. The topological polar surface area (TPSA) is 52.7 Å². The highest BCUT2D eigenvalue weighted by Gasteiger charge is 2.30. The largest absolute Gasteiger partial charge is 0.416 e. The molecular formula is C20H18ClF3N4O. The molecule has 3 rings (SSSR count). The first-order valence-corrected chi connectivity index (χ1v) is 9.17. The van der Waals surface area contributed by atoms with Crippen LogP contribution in [0.4, 0.5) is 13.2 Å². The van der Waals surface area contributed by atoms with E-state index in [0.717, 1.165) is 17.7 Å². The number of alkyl halides is 3. The van der Waals surface area contributed by atoms with E-state index < -0.39 is 17.4 Å². The van der Waals surface area contributed by atoms with Gasteiger partial charge in [-0.15, -0.1) is 5.10 Å². The Morgan fingerprint density at radius 3 is 2.45 bits per heavy atom. The zero-order valence-electron chi connectivity index (χ0n) is 15.7. The summed E-state index contributed by atoms with van der Waals surface area (Å²) < 4.78 is 41.2. The summed E-state index contributed by atoms with van der Waals surface area (Å²) in [6, 6.07) is 5.95. The normalized spacial score (nSPS) is 11.5. The number of hydrogen-bond donors (Lipinski definition) is 0. The molecule has 0 fully saturated rings. The molecule has 0 radical (unpaired) electrons. The van der Waals surface area contributed by atoms with Gasteiger partial charge in [-0.25, -0.2) is 14.0 Å². The van der Waals surface area contributed by atoms with E-state index in [2.05, 4.69) is 10.1 Å². The van der Waals surface area contributed by atoms with Crippen molar-refractivity contribution in [3.05, 3.63) is 75.4 Å². The summed E-state index contributed by atoms with van der Waals surface area (Å²) in [6.07, 6.45) is 1.03. The fourth-order valence-corrected chi connectivity index (χ4v) is 3.00. The summed E-state index contributed by atoms with van der Waals surface area (Å²) in [5, 5.41) is 4.67. The number of halogens is 4. The lowest BCUT2D eigenvalue weighted by atomic mass is 10.2. The van der Waals surface area contributed by atoms with Gasteiger partial charge in [0, 0.05) is 24.5 Å². The molecule has 0 aliphatic rings. The average molecular weight is 423 g/mol. The van der Waals surface area contributed by atoms with Crippen LogP contribution in [0.2, 0.25) is 5.02 Å². The van der Waals surface area contributed by atoms with Crippen LogP contribution in [0, 0.1) is 0 Å². The van der Waals surface area contributed by atoms with Gasteiger partial charge in [0.25, 0.3) is 0 Å². The van der Waals surface area contributed by atoms with E-state index in [1.165, 1.54) is 33.8 Å². The molecule has 0 saturated carbocycles. The maximum atomic E-state index is 13.0. The first-order chi connectivity index (χ1) is 13.7. The lowest BCUT2D eigenvalue weighted by molar-refractivity contribution is -0.137. The summed E-state index contributed by atoms with van der Waals surface area (Å²) in [4.78, 5) is 16.9. The van der Waals surface area contributed by atoms with Crippen LogP contribution in [0.25, 0.3) is 17.1 Å². The third-order valence-electron chi connectivity index (χ3n) is 4.20. The number of pyridine rings is 1. The number of allylic oxidation sites excluding steroid dienone is 2. The second-order valence-electron chi connectivity index (χ2n) is 6.64. The molecular weight excluding hydrogens is 405 g/mol. The number of rotatable bonds is 5. The predicted octanol–water partition coefficient (Wildman–Crippen LogP) is 5.12. The zero-order chi connectivity index (χ0) is 21.2. The minimum atomic E-state index is -4.46. The van der Waals surface area contributed by atoms with Crippen LogP contribution in [0.3, 0.4) is 0 Å². The van der Waals surface area contributed by atoms with Gasteiger partial charge in [-0.3, -0.25) is 4.98 Å². The molecule has 2 heterocycles. The molecule has 5 nitrogen and oxygen atoms in total. The van der Waals surface area contributed by atoms with Gasteiger partial charge in [0.05, 0.1) is 16.3 Å². The summed E-state index contributed by atoms with van der Waals surface area (Å²) in [5.41, 5.74) is 0.570. The summed E-state index contributed by atoms with van der Waals surface area (Å²) in [6.45, 7) is 4.23. The molecule has 0 unspecified atom stereocenters. The van der Waals surface area contributed by atoms with E-state index in [1.807, 2.05) is 19.9 Å². The van der Waals surface area contributed by atoms with Crippen molar-refractivity contribution in [2.45, 2.75) is 33.0 Å². The molecule has 1 aromatic carbocycles. The molecule has 152 valence electrons. The van der Waals surface area contributed by atoms with Crippen molar-refractivity contribution in [2.24, 2.45) is 0 Å². The van der Waals surface area contributed by atoms with E-state index in [4.69, 9.17) is 11.6 Å². The Morgan fingerprint density at radius 2 is 1.86 bits per heavy atom. The zero-order valence-corrected chi connectivity index (χ0v) is 16.5. The van der Waals surface area contributed by atoms with Crippen LogP contribution in [-0.2, 0) is 12.7 Å². The van der Waals surface area contributed by atoms with Crippen molar-refractivity contribution < 1.29 is 13.2 Å². The molecule has 0 amide bonds. The van der Waals surface area contributed by atoms with Crippen LogP contribution in [-0.4, -0.2) is 19.3 Å². The van der Waals surface area contributed by atoms with Gasteiger partial charge in [-0.1, -0.05) is 23.3 Å². The van der Waals surface area contributed by atoms with Crippen molar-refractivity contribution in [2.75, 3.05) is 0 Å². The van der Waals surface area contributed by atoms with E-state index in [1.54, 1.807) is 6.07 Å². The number of aryl methyl sites for hydroxylation is 1. The van der Waals surface area contributed by atoms with Crippen LogP contribution >= 0.6 is 11.6 Å². The quantitative estimate of drug-likeness (QED) is 0.536. The van der Waals surface area contributed by atoms with Crippen LogP contribution in [0.15, 0.2) is 59.2 Å². The predicted molar refractivity (Wildman–Crippen MR) is 105 cm³/mol. The molecule has 0 aliphatic heterocycles. The van der Waals surface area contributed by atoms with Gasteiger partial charge in [-0.2, -0.15) is 13.2 Å². The molecule has 0 aliphatic carbocycles. The fourth-order valence-electron chi connectivity index (χ4n) is 2.79. The molecule has 0 spiro atoms. The van der Waals surface area contributed by atoms with Gasteiger partial charge in [-0.05, 0) is 50.6 Å². The Balaban J connectivity index is 2.13. The molecule has 0 bridgehead atoms. The minimum absolute atomic E-state index is 0.236. The SMILES string of the molecule is CC(C)=CCCn1nc(-c2ccncc2Cl)n(-c2ccc(C(F)(F)F)cc2)c1=O. The molecule has 9 heteroatoms. The smallest absolute Gasteiger partial charge is 0.263 e. The third-order valence-corrected chi connectivity index (χ3v) is 4.50. The highest BCUT2D eigenvalue weighted by atomic mass is 35.5. The fraction of sp³-hybridized carbons (Fsp3) is 0.250. The number of aromatic nitrogens is 4. The van der Waals surface area contributed by atoms with Gasteiger partial charge >= 0.3 is 11.9 Å². The van der Waals surface area contributed by atoms with Crippen molar-refractivity contribution in [1.29, 1.82) is 0 Å². The van der Waals surface area contributed by atoms with Gasteiger partial charge < -0.3 is 0 Å². The second-order valence-corrected chi connectivity index (χ2v) is 7.04. The first-order valence-electron chi connectivity index (χ1n) is 8.79. The second kappa shape index (κ2) is 8.24. The van der Waals surface area contributed by atoms with E-state index in [-0.39, 0.29) is 16.5 Å². The Hall–Kier alpha value is -2.87. The average Bonchev–Trinajstić information content (AvgIpc) is 2.97. The van der Waals surface area contributed by atoms with E-state index in [0.29, 0.717) is 18.5 Å². The van der Waals surface area contributed by atoms with E-state index in [9.17, 15) is 18.0 Å². The Bertz CT molecular complexity index is 1090. The molecule has 2 aromatic heterocycles. The highest BCUT2D eigenvalue weighted by molar-refractivity contribution is 6.33. The van der Waals surface area contributed by atoms with E-state index >= 15 is 0 Å². The maximum absolute atomic E-state index is 13.0. The Labute approximate surface area is 170 Å². The van der Waals surface area contributed by atoms with Gasteiger partial charge in [0.15, 0.2) is 5.82 Å². The van der Waals surface area contributed by atoms with Gasteiger partial charge in [0.1, 0.15) is 0 Å². The maximum Gasteiger partial charge on any atom is 0.416 e. The van der Waals surface area contributed by atoms with Crippen LogP contribution < -0.4 is 5.69 Å². The van der Waals surface area contributed by atoms with Crippen LogP contribution in [0.1, 0.15) is 25.8 Å². The molecule has 0 N–H and O–H groups in total. The monoisotopic (exact) mass is 422 g/mol. The molecule has 0 atom stereocenters. The van der Waals surface area contributed by atoms with Crippen molar-refractivity contribution in [3.8, 4) is 17.1 Å². The minimum Gasteiger partial charge on any atom is -0.263 e. The van der Waals surface area contributed by atoms with Crippen molar-refractivity contribution in [1.82, 2.24) is 19.3 Å². The summed E-state index contributed by atoms with van der Waals surface area (Å²) in [7, 11) is 0. The van der Waals surface area contributed by atoms with Crippen LogP contribution in [0.5, 0.6) is 0 Å². The van der Waals surface area contributed by atoms with Gasteiger partial charge in [0.2, 0.25) is 0 Å². The molecule has 29 heavy (non-hydrogen) atoms. The highest BCUT2D eigenvalue weighted by Crippen LogP contribution is 2.31. The standard InChI is InChI=1S/C20H18ClF3N4O/c1-13(2)4-3-11-27-19(29)28(15-7-5-14(6-8-15)20(22,23)24)18(26-27)16-9-10-25-12-17(16)21/h4-10,12H,3,11H2,1-2H3. The summed E-state index contributed by atoms with van der Waals surface area (Å²) in [5.74, 6) is 0.236. The Morgan fingerprint density at radius 1 is 1.17 bits per heavy atom. The first kappa shape index (κ1) is 20.9. The number of benzene rings is 1. The lowest BCUT2D eigenvalue weighted by Gasteiger charge is -2.09. The summed E-state index contributed by atoms with van der Waals surface area (Å²) >= 11 is 6.23. The number of nitrogens with zero attached hydrogens (tertiary/aromatic N) is 4.